The zero-order valence-corrected chi connectivity index (χ0v) is 24.0. The van der Waals surface area contributed by atoms with E-state index in [0.717, 1.165) is 46.8 Å². The standard InChI is InChI=1S/C28H31N5O3.C2H2O4/c1-18-16-22(27-30-19(2)36-32-27)10-12-24(18)20-6-8-21(9-7-20)28(34)31-23-11-13-26(35-5)25(17-23)29-14-15-33(3)4;3-1(4)2(5)6/h6-13,16-17,29H,14-15H2,1-5H3,(H,31,34);(H,3,4)(H,5,6). The number of ether oxygens (including phenoxy) is 1. The van der Waals surface area contributed by atoms with Crippen molar-refractivity contribution in [1.29, 1.82) is 0 Å². The van der Waals surface area contributed by atoms with E-state index in [4.69, 9.17) is 29.1 Å². The second kappa shape index (κ2) is 14.4. The second-order valence-electron chi connectivity index (χ2n) is 9.45. The van der Waals surface area contributed by atoms with Gasteiger partial charge >= 0.3 is 11.9 Å². The summed E-state index contributed by atoms with van der Waals surface area (Å²) in [5, 5.41) is 25.1. The monoisotopic (exact) mass is 575 g/mol. The van der Waals surface area contributed by atoms with Gasteiger partial charge in [-0.25, -0.2) is 9.59 Å². The van der Waals surface area contributed by atoms with Gasteiger partial charge in [-0.05, 0) is 74.1 Å². The minimum absolute atomic E-state index is 0.175. The number of rotatable bonds is 9. The molecule has 0 atom stereocenters. The summed E-state index contributed by atoms with van der Waals surface area (Å²) in [6, 6.07) is 19.2. The highest BCUT2D eigenvalue weighted by Gasteiger charge is 2.12. The molecule has 4 N–H and O–H groups in total. The average Bonchev–Trinajstić information content (AvgIpc) is 3.39. The number of carbonyl (C=O) groups excluding carboxylic acids is 1. The predicted octanol–water partition coefficient (Wildman–Crippen LogP) is 4.41. The number of methoxy groups -OCH3 is 1. The zero-order valence-electron chi connectivity index (χ0n) is 24.0. The van der Waals surface area contributed by atoms with Crippen LogP contribution in [0.4, 0.5) is 11.4 Å². The van der Waals surface area contributed by atoms with Crippen molar-refractivity contribution in [1.82, 2.24) is 15.0 Å². The third kappa shape index (κ3) is 8.63. The molecule has 42 heavy (non-hydrogen) atoms. The highest BCUT2D eigenvalue weighted by atomic mass is 16.5. The van der Waals surface area contributed by atoms with E-state index >= 15 is 0 Å². The normalized spacial score (nSPS) is 10.4. The van der Waals surface area contributed by atoms with E-state index in [1.54, 1.807) is 14.0 Å². The van der Waals surface area contributed by atoms with Crippen LogP contribution in [0.1, 0.15) is 21.8 Å². The summed E-state index contributed by atoms with van der Waals surface area (Å²) in [6.45, 7) is 5.45. The minimum Gasteiger partial charge on any atom is -0.495 e. The Bertz CT molecular complexity index is 1540. The number of hydrogen-bond donors (Lipinski definition) is 4. The molecule has 3 aromatic carbocycles. The molecule has 4 rings (SSSR count). The zero-order chi connectivity index (χ0) is 30.8. The van der Waals surface area contributed by atoms with Crippen molar-refractivity contribution in [3.05, 3.63) is 77.7 Å². The highest BCUT2D eigenvalue weighted by molar-refractivity contribution is 6.27. The number of anilines is 2. The summed E-state index contributed by atoms with van der Waals surface area (Å²) in [7, 11) is 5.68. The molecule has 0 bridgehead atoms. The molecule has 12 heteroatoms. The lowest BCUT2D eigenvalue weighted by molar-refractivity contribution is -0.159. The van der Waals surface area contributed by atoms with Crippen LogP contribution in [0.25, 0.3) is 22.5 Å². The molecule has 0 aliphatic rings. The summed E-state index contributed by atoms with van der Waals surface area (Å²) < 4.78 is 10.5. The molecule has 1 aromatic heterocycles. The van der Waals surface area contributed by atoms with E-state index in [-0.39, 0.29) is 5.91 Å². The fraction of sp³-hybridized carbons (Fsp3) is 0.233. The maximum atomic E-state index is 12.9. The SMILES string of the molecule is COc1ccc(NC(=O)c2ccc(-c3ccc(-c4noc(C)n4)cc3C)cc2)cc1NCCN(C)C.O=C(O)C(=O)O. The van der Waals surface area contributed by atoms with Gasteiger partial charge in [0.25, 0.3) is 5.91 Å². The number of aliphatic carboxylic acids is 2. The van der Waals surface area contributed by atoms with Crippen LogP contribution in [0, 0.1) is 13.8 Å². The number of nitrogens with one attached hydrogen (secondary N) is 2. The summed E-state index contributed by atoms with van der Waals surface area (Å²) in [6.07, 6.45) is 0. The number of likely N-dealkylation sites (N-methyl/N-ethyl adjacent to an activating group) is 1. The number of aryl methyl sites for hydroxylation is 2. The molecule has 4 aromatic rings. The molecule has 0 fully saturated rings. The van der Waals surface area contributed by atoms with Gasteiger partial charge in [0.1, 0.15) is 5.75 Å². The Morgan fingerprint density at radius 1 is 0.929 bits per heavy atom. The van der Waals surface area contributed by atoms with Gasteiger partial charge in [0.05, 0.1) is 12.8 Å². The fourth-order valence-electron chi connectivity index (χ4n) is 3.89. The molecule has 220 valence electrons. The van der Waals surface area contributed by atoms with Gasteiger partial charge in [-0.1, -0.05) is 29.4 Å². The Morgan fingerprint density at radius 3 is 2.14 bits per heavy atom. The quantitative estimate of drug-likeness (QED) is 0.209. The van der Waals surface area contributed by atoms with Crippen LogP contribution < -0.4 is 15.4 Å². The largest absolute Gasteiger partial charge is 0.495 e. The van der Waals surface area contributed by atoms with Crippen molar-refractivity contribution in [2.75, 3.05) is 44.9 Å². The van der Waals surface area contributed by atoms with E-state index in [9.17, 15) is 4.79 Å². The minimum atomic E-state index is -1.82. The third-order valence-corrected chi connectivity index (χ3v) is 5.99. The van der Waals surface area contributed by atoms with Crippen LogP contribution in [0.2, 0.25) is 0 Å². The average molecular weight is 576 g/mol. The van der Waals surface area contributed by atoms with E-state index < -0.39 is 11.9 Å². The predicted molar refractivity (Wildman–Crippen MR) is 158 cm³/mol. The molecule has 0 radical (unpaired) electrons. The summed E-state index contributed by atoms with van der Waals surface area (Å²) in [5.41, 5.74) is 6.20. The maximum Gasteiger partial charge on any atom is 0.414 e. The molecule has 0 saturated carbocycles. The lowest BCUT2D eigenvalue weighted by atomic mass is 9.97. The van der Waals surface area contributed by atoms with Crippen molar-refractivity contribution >= 4 is 29.2 Å². The molecule has 1 amide bonds. The van der Waals surface area contributed by atoms with Crippen LogP contribution >= 0.6 is 0 Å². The van der Waals surface area contributed by atoms with Crippen LogP contribution in [0.3, 0.4) is 0 Å². The summed E-state index contributed by atoms with van der Waals surface area (Å²) in [5.74, 6) is -1.99. The number of carboxylic acids is 2. The van der Waals surface area contributed by atoms with E-state index in [1.165, 1.54) is 0 Å². The van der Waals surface area contributed by atoms with Crippen LogP contribution in [-0.2, 0) is 9.59 Å². The first kappa shape index (κ1) is 31.3. The van der Waals surface area contributed by atoms with Crippen molar-refractivity contribution in [3.8, 4) is 28.3 Å². The first-order valence-corrected chi connectivity index (χ1v) is 12.8. The van der Waals surface area contributed by atoms with Gasteiger partial charge < -0.3 is 35.0 Å². The van der Waals surface area contributed by atoms with Crippen LogP contribution in [0.5, 0.6) is 5.75 Å². The Labute approximate surface area is 242 Å². The molecule has 0 aliphatic heterocycles. The number of carboxylic acid groups (broad SMARTS) is 2. The molecule has 0 unspecified atom stereocenters. The fourth-order valence-corrected chi connectivity index (χ4v) is 3.89. The Balaban J connectivity index is 0.000000730. The second-order valence-corrected chi connectivity index (χ2v) is 9.45. The number of benzene rings is 3. The van der Waals surface area contributed by atoms with Crippen molar-refractivity contribution in [2.45, 2.75) is 13.8 Å². The molecule has 0 saturated heterocycles. The number of carbonyl (C=O) groups is 3. The third-order valence-electron chi connectivity index (χ3n) is 5.99. The Morgan fingerprint density at radius 2 is 1.60 bits per heavy atom. The topological polar surface area (TPSA) is 167 Å². The van der Waals surface area contributed by atoms with E-state index in [0.29, 0.717) is 23.0 Å². The maximum absolute atomic E-state index is 12.9. The number of amides is 1. The molecule has 0 spiro atoms. The molecule has 12 nitrogen and oxygen atoms in total. The summed E-state index contributed by atoms with van der Waals surface area (Å²) >= 11 is 0. The van der Waals surface area contributed by atoms with Gasteiger partial charge in [-0.15, -0.1) is 0 Å². The number of aromatic nitrogens is 2. The van der Waals surface area contributed by atoms with Crippen molar-refractivity contribution in [2.24, 2.45) is 0 Å². The van der Waals surface area contributed by atoms with Gasteiger partial charge in [-0.3, -0.25) is 4.79 Å². The first-order chi connectivity index (χ1) is 20.0. The smallest absolute Gasteiger partial charge is 0.414 e. The lowest BCUT2D eigenvalue weighted by Gasteiger charge is -2.15. The van der Waals surface area contributed by atoms with Gasteiger partial charge in [-0.2, -0.15) is 4.98 Å². The van der Waals surface area contributed by atoms with Crippen LogP contribution in [-0.4, -0.2) is 77.4 Å². The van der Waals surface area contributed by atoms with Crippen LogP contribution in [0.15, 0.2) is 65.2 Å². The van der Waals surface area contributed by atoms with Gasteiger partial charge in [0.2, 0.25) is 11.7 Å². The number of nitrogens with zero attached hydrogens (tertiary/aromatic N) is 3. The number of hydrogen-bond acceptors (Lipinski definition) is 9. The van der Waals surface area contributed by atoms with E-state index in [2.05, 4.69) is 25.7 Å². The Hall–Kier alpha value is -5.23. The van der Waals surface area contributed by atoms with E-state index in [1.807, 2.05) is 81.7 Å². The molecule has 1 heterocycles. The van der Waals surface area contributed by atoms with Gasteiger partial charge in [0, 0.05) is 36.8 Å². The molecular formula is C30H33N5O7. The highest BCUT2D eigenvalue weighted by Crippen LogP contribution is 2.29. The molecular weight excluding hydrogens is 542 g/mol. The Kier molecular flexibility index (Phi) is 10.7. The lowest BCUT2D eigenvalue weighted by Crippen LogP contribution is -2.21. The first-order valence-electron chi connectivity index (χ1n) is 12.8. The molecule has 0 aliphatic carbocycles. The van der Waals surface area contributed by atoms with Gasteiger partial charge in [0.15, 0.2) is 0 Å². The summed E-state index contributed by atoms with van der Waals surface area (Å²) in [4.78, 5) is 37.5. The van der Waals surface area contributed by atoms with Crippen molar-refractivity contribution in [3.63, 3.8) is 0 Å². The van der Waals surface area contributed by atoms with Crippen molar-refractivity contribution < 1.29 is 33.9 Å².